The SMILES string of the molecule is Cc1cc(C(=O)C2CC2)c(NC(=O)c2ccnc(Nc3ccc(C(F)(F)F)cn3)c2)cn1. The first-order chi connectivity index (χ1) is 15.2. The quantitative estimate of drug-likeness (QED) is 0.534. The zero-order valence-corrected chi connectivity index (χ0v) is 16.9. The second kappa shape index (κ2) is 8.37. The molecule has 1 fully saturated rings. The Bertz CT molecular complexity index is 1170. The number of aromatic nitrogens is 3. The number of rotatable bonds is 6. The third-order valence-corrected chi connectivity index (χ3v) is 4.87. The molecule has 4 rings (SSSR count). The minimum atomic E-state index is -4.48. The van der Waals surface area contributed by atoms with Gasteiger partial charge in [-0.3, -0.25) is 14.6 Å². The second-order valence-electron chi connectivity index (χ2n) is 7.45. The van der Waals surface area contributed by atoms with E-state index in [-0.39, 0.29) is 28.9 Å². The number of aryl methyl sites for hydroxylation is 1. The summed E-state index contributed by atoms with van der Waals surface area (Å²) < 4.78 is 38.0. The first kappa shape index (κ1) is 21.4. The zero-order valence-electron chi connectivity index (χ0n) is 16.9. The number of anilines is 3. The standard InChI is InChI=1S/C22H18F3N5O2/c1-12-8-16(20(31)13-2-3-13)17(11-27-12)29-21(32)14-6-7-26-19(9-14)30-18-5-4-15(10-28-18)22(23,24)25/h4-11,13H,2-3H2,1H3,(H,29,32)(H,26,28,30). The topological polar surface area (TPSA) is 96.9 Å². The normalized spacial score (nSPS) is 13.5. The van der Waals surface area contributed by atoms with Crippen molar-refractivity contribution in [3.8, 4) is 0 Å². The summed E-state index contributed by atoms with van der Waals surface area (Å²) in [6.07, 6.45) is 0.740. The van der Waals surface area contributed by atoms with E-state index in [1.165, 1.54) is 30.6 Å². The van der Waals surface area contributed by atoms with Crippen molar-refractivity contribution < 1.29 is 22.8 Å². The minimum Gasteiger partial charge on any atom is -0.325 e. The summed E-state index contributed by atoms with van der Waals surface area (Å²) in [5.41, 5.74) is 0.793. The Morgan fingerprint density at radius 3 is 2.44 bits per heavy atom. The van der Waals surface area contributed by atoms with E-state index in [0.29, 0.717) is 23.1 Å². The molecule has 0 aromatic carbocycles. The second-order valence-corrected chi connectivity index (χ2v) is 7.45. The van der Waals surface area contributed by atoms with Crippen LogP contribution in [0.15, 0.2) is 48.9 Å². The Morgan fingerprint density at radius 2 is 1.78 bits per heavy atom. The van der Waals surface area contributed by atoms with Gasteiger partial charge in [-0.2, -0.15) is 13.2 Å². The molecular weight excluding hydrogens is 423 g/mol. The Labute approximate surface area is 181 Å². The summed E-state index contributed by atoms with van der Waals surface area (Å²) in [7, 11) is 0. The molecular formula is C22H18F3N5O2. The average Bonchev–Trinajstić information content (AvgIpc) is 3.60. The van der Waals surface area contributed by atoms with Gasteiger partial charge in [0.1, 0.15) is 11.6 Å². The first-order valence-electron chi connectivity index (χ1n) is 9.79. The third-order valence-electron chi connectivity index (χ3n) is 4.87. The number of Topliss-reactive ketones (excluding diaryl/α,β-unsaturated/α-hetero) is 1. The summed E-state index contributed by atoms with van der Waals surface area (Å²) in [6, 6.07) is 6.63. The predicted molar refractivity (Wildman–Crippen MR) is 111 cm³/mol. The highest BCUT2D eigenvalue weighted by atomic mass is 19.4. The molecule has 1 saturated carbocycles. The van der Waals surface area contributed by atoms with Crippen molar-refractivity contribution in [1.29, 1.82) is 0 Å². The molecule has 0 unspecified atom stereocenters. The van der Waals surface area contributed by atoms with E-state index in [2.05, 4.69) is 25.6 Å². The monoisotopic (exact) mass is 441 g/mol. The van der Waals surface area contributed by atoms with Crippen LogP contribution in [0.4, 0.5) is 30.5 Å². The van der Waals surface area contributed by atoms with Crippen molar-refractivity contribution in [2.24, 2.45) is 5.92 Å². The van der Waals surface area contributed by atoms with Gasteiger partial charge in [0.05, 0.1) is 17.4 Å². The van der Waals surface area contributed by atoms with Gasteiger partial charge >= 0.3 is 6.18 Å². The van der Waals surface area contributed by atoms with Gasteiger partial charge < -0.3 is 10.6 Å². The maximum absolute atomic E-state index is 12.8. The Kier molecular flexibility index (Phi) is 5.60. The van der Waals surface area contributed by atoms with Crippen LogP contribution < -0.4 is 10.6 Å². The molecule has 10 heteroatoms. The number of amides is 1. The molecule has 1 aliphatic carbocycles. The lowest BCUT2D eigenvalue weighted by Gasteiger charge is -2.12. The molecule has 164 valence electrons. The fourth-order valence-electron chi connectivity index (χ4n) is 3.03. The van der Waals surface area contributed by atoms with Crippen molar-refractivity contribution in [3.63, 3.8) is 0 Å². The van der Waals surface area contributed by atoms with Crippen molar-refractivity contribution in [2.75, 3.05) is 10.6 Å². The Balaban J connectivity index is 1.50. The van der Waals surface area contributed by atoms with E-state index < -0.39 is 17.6 Å². The van der Waals surface area contributed by atoms with Crippen LogP contribution in [0.3, 0.4) is 0 Å². The Morgan fingerprint density at radius 1 is 1.00 bits per heavy atom. The largest absolute Gasteiger partial charge is 0.417 e. The van der Waals surface area contributed by atoms with Crippen molar-refractivity contribution in [2.45, 2.75) is 25.9 Å². The minimum absolute atomic E-state index is 0.0135. The number of ketones is 1. The summed E-state index contributed by atoms with van der Waals surface area (Å²) in [5.74, 6) is -0.146. The molecule has 32 heavy (non-hydrogen) atoms. The summed E-state index contributed by atoms with van der Waals surface area (Å²) in [6.45, 7) is 1.77. The van der Waals surface area contributed by atoms with Crippen LogP contribution in [-0.2, 0) is 6.18 Å². The average molecular weight is 441 g/mol. The number of hydrogen-bond donors (Lipinski definition) is 2. The van der Waals surface area contributed by atoms with E-state index in [4.69, 9.17) is 0 Å². The van der Waals surface area contributed by atoms with E-state index in [1.54, 1.807) is 13.0 Å². The molecule has 3 aromatic heterocycles. The number of carbonyl (C=O) groups is 2. The maximum Gasteiger partial charge on any atom is 0.417 e. The Hall–Kier alpha value is -3.82. The van der Waals surface area contributed by atoms with Gasteiger partial charge in [-0.05, 0) is 50.1 Å². The first-order valence-corrected chi connectivity index (χ1v) is 9.79. The molecule has 1 amide bonds. The fraction of sp³-hybridized carbons (Fsp3) is 0.227. The number of halogens is 3. The zero-order chi connectivity index (χ0) is 22.9. The third kappa shape index (κ3) is 4.90. The maximum atomic E-state index is 12.8. The molecule has 7 nitrogen and oxygen atoms in total. The highest BCUT2D eigenvalue weighted by molar-refractivity contribution is 6.10. The van der Waals surface area contributed by atoms with Crippen molar-refractivity contribution in [1.82, 2.24) is 15.0 Å². The van der Waals surface area contributed by atoms with Crippen LogP contribution in [0.2, 0.25) is 0 Å². The lowest BCUT2D eigenvalue weighted by molar-refractivity contribution is -0.137. The van der Waals surface area contributed by atoms with Crippen LogP contribution in [0, 0.1) is 12.8 Å². The van der Waals surface area contributed by atoms with Gasteiger partial charge in [-0.25, -0.2) is 9.97 Å². The van der Waals surface area contributed by atoms with Crippen LogP contribution in [-0.4, -0.2) is 26.6 Å². The van der Waals surface area contributed by atoms with Gasteiger partial charge in [0, 0.05) is 35.1 Å². The lowest BCUT2D eigenvalue weighted by atomic mass is 10.1. The molecule has 0 bridgehead atoms. The van der Waals surface area contributed by atoms with Gasteiger partial charge in [-0.15, -0.1) is 0 Å². The van der Waals surface area contributed by atoms with E-state index >= 15 is 0 Å². The fourth-order valence-corrected chi connectivity index (χ4v) is 3.03. The highest BCUT2D eigenvalue weighted by Gasteiger charge is 2.32. The van der Waals surface area contributed by atoms with Gasteiger partial charge in [0.2, 0.25) is 0 Å². The summed E-state index contributed by atoms with van der Waals surface area (Å²) >= 11 is 0. The molecule has 1 aliphatic rings. The molecule has 3 heterocycles. The van der Waals surface area contributed by atoms with E-state index in [0.717, 1.165) is 18.9 Å². The van der Waals surface area contributed by atoms with Gasteiger partial charge in [0.15, 0.2) is 5.78 Å². The van der Waals surface area contributed by atoms with Gasteiger partial charge in [-0.1, -0.05) is 0 Å². The molecule has 0 radical (unpaired) electrons. The number of nitrogens with zero attached hydrogens (tertiary/aromatic N) is 3. The number of hydrogen-bond acceptors (Lipinski definition) is 6. The van der Waals surface area contributed by atoms with Crippen LogP contribution >= 0.6 is 0 Å². The molecule has 0 saturated heterocycles. The van der Waals surface area contributed by atoms with Crippen LogP contribution in [0.5, 0.6) is 0 Å². The number of alkyl halides is 3. The van der Waals surface area contributed by atoms with Crippen LogP contribution in [0.25, 0.3) is 0 Å². The number of pyridine rings is 3. The number of carbonyl (C=O) groups excluding carboxylic acids is 2. The van der Waals surface area contributed by atoms with Crippen molar-refractivity contribution >= 4 is 29.0 Å². The highest BCUT2D eigenvalue weighted by Crippen LogP contribution is 2.35. The summed E-state index contributed by atoms with van der Waals surface area (Å²) in [4.78, 5) is 37.3. The predicted octanol–water partition coefficient (Wildman–Crippen LogP) is 4.79. The molecule has 3 aromatic rings. The molecule has 0 atom stereocenters. The molecule has 2 N–H and O–H groups in total. The number of nitrogens with one attached hydrogen (secondary N) is 2. The summed E-state index contributed by atoms with van der Waals surface area (Å²) in [5, 5.41) is 5.48. The van der Waals surface area contributed by atoms with Crippen molar-refractivity contribution in [3.05, 3.63) is 71.3 Å². The molecule has 0 aliphatic heterocycles. The van der Waals surface area contributed by atoms with E-state index in [9.17, 15) is 22.8 Å². The van der Waals surface area contributed by atoms with Gasteiger partial charge in [0.25, 0.3) is 5.91 Å². The lowest BCUT2D eigenvalue weighted by Crippen LogP contribution is -2.16. The molecule has 0 spiro atoms. The van der Waals surface area contributed by atoms with Crippen LogP contribution in [0.1, 0.15) is 44.8 Å². The smallest absolute Gasteiger partial charge is 0.325 e. The van der Waals surface area contributed by atoms with E-state index in [1.807, 2.05) is 0 Å².